The van der Waals surface area contributed by atoms with Crippen molar-refractivity contribution in [1.82, 2.24) is 19.8 Å². The molecule has 0 radical (unpaired) electrons. The van der Waals surface area contributed by atoms with Gasteiger partial charge >= 0.3 is 0 Å². The summed E-state index contributed by atoms with van der Waals surface area (Å²) in [5, 5.41) is 2.06. The largest absolute Gasteiger partial charge is 0.328 e. The van der Waals surface area contributed by atoms with E-state index in [1.54, 1.807) is 11.3 Å². The molecule has 4 heterocycles. The standard InChI is InChI=1S/C24H32N4O2S/c1-15(2)27-12-10-17-19(13-27)25-22(26-23(17)29)20-8-5-6-11-28(20)24(30)18-14-31-21-9-4-3-7-16(18)21/h14-15,20H,3-13H2,1-2H3,(H,25,26,29)/t20-/m1/s1. The summed E-state index contributed by atoms with van der Waals surface area (Å²) in [6, 6.07) is 0.281. The predicted octanol–water partition coefficient (Wildman–Crippen LogP) is 3.84. The molecular formula is C24H32N4O2S. The molecule has 1 fully saturated rings. The fourth-order valence-corrected chi connectivity index (χ4v) is 6.48. The van der Waals surface area contributed by atoms with Crippen LogP contribution in [0.4, 0.5) is 0 Å². The molecule has 0 saturated carbocycles. The van der Waals surface area contributed by atoms with Crippen molar-refractivity contribution >= 4 is 17.2 Å². The molecule has 0 aromatic carbocycles. The molecule has 2 aliphatic heterocycles. The van der Waals surface area contributed by atoms with Crippen LogP contribution in [-0.4, -0.2) is 44.8 Å². The maximum absolute atomic E-state index is 13.6. The van der Waals surface area contributed by atoms with Gasteiger partial charge in [-0.05, 0) is 70.8 Å². The van der Waals surface area contributed by atoms with Gasteiger partial charge in [-0.1, -0.05) is 0 Å². The number of likely N-dealkylation sites (tertiary alicyclic amines) is 1. The van der Waals surface area contributed by atoms with Gasteiger partial charge in [0.05, 0.1) is 17.3 Å². The number of carbonyl (C=O) groups is 1. The van der Waals surface area contributed by atoms with Crippen molar-refractivity contribution in [2.75, 3.05) is 13.1 Å². The fraction of sp³-hybridized carbons (Fsp3) is 0.625. The Morgan fingerprint density at radius 3 is 2.81 bits per heavy atom. The average molecular weight is 441 g/mol. The molecule has 7 heteroatoms. The maximum atomic E-state index is 13.6. The van der Waals surface area contributed by atoms with Gasteiger partial charge in [-0.15, -0.1) is 11.3 Å². The molecular weight excluding hydrogens is 408 g/mol. The molecule has 0 bridgehead atoms. The SMILES string of the molecule is CC(C)N1CCc2c(nc([C@H]3CCCCN3C(=O)c3csc4c3CCCC4)[nH]c2=O)C1. The molecule has 0 spiro atoms. The third-order valence-electron chi connectivity index (χ3n) is 7.22. The molecule has 1 N–H and O–H groups in total. The summed E-state index contributed by atoms with van der Waals surface area (Å²) in [5.74, 6) is 0.791. The zero-order valence-corrected chi connectivity index (χ0v) is 19.4. The van der Waals surface area contributed by atoms with Crippen LogP contribution in [0.5, 0.6) is 0 Å². The molecule has 166 valence electrons. The highest BCUT2D eigenvalue weighted by atomic mass is 32.1. The Balaban J connectivity index is 1.47. The zero-order valence-electron chi connectivity index (χ0n) is 18.6. The van der Waals surface area contributed by atoms with E-state index in [0.717, 1.165) is 68.4 Å². The Hall–Kier alpha value is -1.99. The minimum Gasteiger partial charge on any atom is -0.328 e. The number of aryl methyl sites for hydroxylation is 1. The smallest absolute Gasteiger partial charge is 0.255 e. The monoisotopic (exact) mass is 440 g/mol. The second kappa shape index (κ2) is 8.51. The molecule has 1 amide bonds. The van der Waals surface area contributed by atoms with Gasteiger partial charge in [0.2, 0.25) is 0 Å². The van der Waals surface area contributed by atoms with Crippen LogP contribution in [0.2, 0.25) is 0 Å². The van der Waals surface area contributed by atoms with Gasteiger partial charge < -0.3 is 9.88 Å². The second-order valence-corrected chi connectivity index (χ2v) is 10.4. The van der Waals surface area contributed by atoms with E-state index in [0.29, 0.717) is 18.4 Å². The summed E-state index contributed by atoms with van der Waals surface area (Å²) in [7, 11) is 0. The number of nitrogens with one attached hydrogen (secondary N) is 1. The summed E-state index contributed by atoms with van der Waals surface area (Å²) in [4.78, 5) is 40.3. The van der Waals surface area contributed by atoms with Crippen LogP contribution in [-0.2, 0) is 25.8 Å². The van der Waals surface area contributed by atoms with E-state index in [4.69, 9.17) is 4.98 Å². The molecule has 31 heavy (non-hydrogen) atoms. The number of nitrogens with zero attached hydrogens (tertiary/aromatic N) is 3. The Morgan fingerprint density at radius 2 is 1.97 bits per heavy atom. The Labute approximate surface area is 187 Å². The summed E-state index contributed by atoms with van der Waals surface area (Å²) >= 11 is 1.74. The number of aromatic amines is 1. The summed E-state index contributed by atoms with van der Waals surface area (Å²) in [6.07, 6.45) is 8.15. The summed E-state index contributed by atoms with van der Waals surface area (Å²) in [6.45, 7) is 6.70. The molecule has 3 aliphatic rings. The lowest BCUT2D eigenvalue weighted by atomic mass is 9.94. The highest BCUT2D eigenvalue weighted by molar-refractivity contribution is 7.10. The number of hydrogen-bond donors (Lipinski definition) is 1. The van der Waals surface area contributed by atoms with E-state index in [9.17, 15) is 9.59 Å². The van der Waals surface area contributed by atoms with Gasteiger partial charge in [0, 0.05) is 41.5 Å². The van der Waals surface area contributed by atoms with Crippen LogP contribution in [0.25, 0.3) is 0 Å². The highest BCUT2D eigenvalue weighted by Gasteiger charge is 2.34. The van der Waals surface area contributed by atoms with Crippen molar-refractivity contribution in [2.24, 2.45) is 0 Å². The van der Waals surface area contributed by atoms with Crippen molar-refractivity contribution in [2.45, 2.75) is 83.8 Å². The van der Waals surface area contributed by atoms with Gasteiger partial charge in [0.25, 0.3) is 11.5 Å². The molecule has 5 rings (SSSR count). The molecule has 2 aromatic rings. The minimum absolute atomic E-state index is 0.0192. The first-order valence-electron chi connectivity index (χ1n) is 11.8. The lowest BCUT2D eigenvalue weighted by Gasteiger charge is -2.36. The Bertz CT molecular complexity index is 1040. The first kappa shape index (κ1) is 20.9. The third-order valence-corrected chi connectivity index (χ3v) is 8.31. The lowest BCUT2D eigenvalue weighted by molar-refractivity contribution is 0.0597. The molecule has 1 saturated heterocycles. The van der Waals surface area contributed by atoms with Crippen molar-refractivity contribution in [1.29, 1.82) is 0 Å². The second-order valence-electron chi connectivity index (χ2n) is 9.46. The van der Waals surface area contributed by atoms with Gasteiger partial charge in [-0.3, -0.25) is 14.5 Å². The average Bonchev–Trinajstić information content (AvgIpc) is 3.22. The molecule has 1 aliphatic carbocycles. The molecule has 6 nitrogen and oxygen atoms in total. The lowest BCUT2D eigenvalue weighted by Crippen LogP contribution is -2.42. The Kier molecular flexibility index (Phi) is 5.73. The van der Waals surface area contributed by atoms with Gasteiger partial charge in [-0.25, -0.2) is 4.98 Å². The first-order chi connectivity index (χ1) is 15.0. The fourth-order valence-electron chi connectivity index (χ4n) is 5.36. The third kappa shape index (κ3) is 3.87. The van der Waals surface area contributed by atoms with Crippen LogP contribution >= 0.6 is 11.3 Å². The predicted molar refractivity (Wildman–Crippen MR) is 123 cm³/mol. The minimum atomic E-state index is -0.146. The quantitative estimate of drug-likeness (QED) is 0.787. The number of carbonyl (C=O) groups excluding carboxylic acids is 1. The van der Waals surface area contributed by atoms with E-state index in [-0.39, 0.29) is 17.5 Å². The van der Waals surface area contributed by atoms with E-state index in [1.807, 2.05) is 4.90 Å². The van der Waals surface area contributed by atoms with Gasteiger partial charge in [-0.2, -0.15) is 0 Å². The van der Waals surface area contributed by atoms with E-state index in [1.165, 1.54) is 23.3 Å². The van der Waals surface area contributed by atoms with Crippen LogP contribution in [0.1, 0.15) is 89.9 Å². The van der Waals surface area contributed by atoms with Gasteiger partial charge in [0.1, 0.15) is 5.82 Å². The number of hydrogen-bond acceptors (Lipinski definition) is 5. The number of H-pyrrole nitrogens is 1. The van der Waals surface area contributed by atoms with Crippen LogP contribution < -0.4 is 5.56 Å². The number of thiophene rings is 1. The molecule has 1 atom stereocenters. The van der Waals surface area contributed by atoms with E-state index >= 15 is 0 Å². The van der Waals surface area contributed by atoms with Crippen molar-refractivity contribution in [3.05, 3.63) is 48.8 Å². The number of aromatic nitrogens is 2. The number of fused-ring (bicyclic) bond motifs is 2. The number of piperidine rings is 1. The highest BCUT2D eigenvalue weighted by Crippen LogP contribution is 2.35. The number of amides is 1. The first-order valence-corrected chi connectivity index (χ1v) is 12.7. The molecule has 0 unspecified atom stereocenters. The van der Waals surface area contributed by atoms with Crippen LogP contribution in [0.3, 0.4) is 0 Å². The van der Waals surface area contributed by atoms with Crippen LogP contribution in [0.15, 0.2) is 10.2 Å². The Morgan fingerprint density at radius 1 is 1.13 bits per heavy atom. The topological polar surface area (TPSA) is 69.3 Å². The maximum Gasteiger partial charge on any atom is 0.255 e. The van der Waals surface area contributed by atoms with Gasteiger partial charge in [0.15, 0.2) is 0 Å². The van der Waals surface area contributed by atoms with Crippen LogP contribution in [0, 0.1) is 0 Å². The normalized spacial score (nSPS) is 21.8. The summed E-state index contributed by atoms with van der Waals surface area (Å²) < 4.78 is 0. The summed E-state index contributed by atoms with van der Waals surface area (Å²) in [5.41, 5.74) is 3.85. The van der Waals surface area contributed by atoms with E-state index in [2.05, 4.69) is 29.1 Å². The van der Waals surface area contributed by atoms with Crippen molar-refractivity contribution in [3.63, 3.8) is 0 Å². The van der Waals surface area contributed by atoms with Crippen molar-refractivity contribution < 1.29 is 4.79 Å². The van der Waals surface area contributed by atoms with Crippen molar-refractivity contribution in [3.8, 4) is 0 Å². The van der Waals surface area contributed by atoms with E-state index < -0.39 is 0 Å². The zero-order chi connectivity index (χ0) is 21.5. The number of rotatable bonds is 3. The molecule has 2 aromatic heterocycles.